The first kappa shape index (κ1) is 11.3. The van der Waals surface area contributed by atoms with Gasteiger partial charge in [0.2, 0.25) is 0 Å². The van der Waals surface area contributed by atoms with E-state index in [1.54, 1.807) is 12.1 Å². The fourth-order valence-electron chi connectivity index (χ4n) is 1.76. The predicted octanol–water partition coefficient (Wildman–Crippen LogP) is 1.77. The fourth-order valence-corrected chi connectivity index (χ4v) is 2.15. The molecule has 86 valence electrons. The molecule has 1 fully saturated rings. The maximum atomic E-state index is 10.8. The van der Waals surface area contributed by atoms with E-state index in [1.807, 2.05) is 6.07 Å². The maximum Gasteiger partial charge on any atom is 0.285 e. The van der Waals surface area contributed by atoms with Crippen molar-refractivity contribution < 1.29 is 4.92 Å². The molecule has 0 aliphatic carbocycles. The number of anilines is 1. The third kappa shape index (κ3) is 2.33. The van der Waals surface area contributed by atoms with E-state index in [1.165, 1.54) is 0 Å². The van der Waals surface area contributed by atoms with Gasteiger partial charge < -0.3 is 10.2 Å². The SMILES string of the molecule is O=[N+]([O-])c1cc(N2CCNCC2)ccc1Br. The number of halogens is 1. The molecule has 1 aliphatic heterocycles. The van der Waals surface area contributed by atoms with Crippen LogP contribution in [0.15, 0.2) is 22.7 Å². The zero-order valence-electron chi connectivity index (χ0n) is 8.65. The van der Waals surface area contributed by atoms with Crippen molar-refractivity contribution in [3.63, 3.8) is 0 Å². The second kappa shape index (κ2) is 4.80. The van der Waals surface area contributed by atoms with Crippen molar-refractivity contribution in [2.24, 2.45) is 0 Å². The van der Waals surface area contributed by atoms with Crippen LogP contribution in [0.2, 0.25) is 0 Å². The molecule has 0 saturated carbocycles. The van der Waals surface area contributed by atoms with Gasteiger partial charge in [-0.05, 0) is 28.1 Å². The van der Waals surface area contributed by atoms with Gasteiger partial charge in [0, 0.05) is 37.9 Å². The van der Waals surface area contributed by atoms with Gasteiger partial charge in [0.1, 0.15) is 0 Å². The lowest BCUT2D eigenvalue weighted by molar-refractivity contribution is -0.385. The summed E-state index contributed by atoms with van der Waals surface area (Å²) in [5.41, 5.74) is 1.03. The summed E-state index contributed by atoms with van der Waals surface area (Å²) in [4.78, 5) is 12.6. The zero-order valence-corrected chi connectivity index (χ0v) is 10.2. The van der Waals surface area contributed by atoms with E-state index in [4.69, 9.17) is 0 Å². The van der Waals surface area contributed by atoms with Crippen molar-refractivity contribution in [2.45, 2.75) is 0 Å². The molecule has 0 unspecified atom stereocenters. The largest absolute Gasteiger partial charge is 0.369 e. The summed E-state index contributed by atoms with van der Waals surface area (Å²) in [7, 11) is 0. The molecule has 0 spiro atoms. The van der Waals surface area contributed by atoms with Gasteiger partial charge in [0.15, 0.2) is 0 Å². The van der Waals surface area contributed by atoms with Crippen LogP contribution in [0.1, 0.15) is 0 Å². The average Bonchev–Trinajstić information content (AvgIpc) is 2.30. The number of piperazine rings is 1. The quantitative estimate of drug-likeness (QED) is 0.665. The lowest BCUT2D eigenvalue weighted by Gasteiger charge is -2.29. The van der Waals surface area contributed by atoms with Crippen molar-refractivity contribution in [1.82, 2.24) is 5.32 Å². The molecule has 5 nitrogen and oxygen atoms in total. The first-order valence-corrected chi connectivity index (χ1v) is 5.87. The summed E-state index contributed by atoms with van der Waals surface area (Å²) in [5.74, 6) is 0. The topological polar surface area (TPSA) is 58.4 Å². The number of hydrogen-bond donors (Lipinski definition) is 1. The molecule has 16 heavy (non-hydrogen) atoms. The smallest absolute Gasteiger partial charge is 0.285 e. The Labute approximate surface area is 102 Å². The van der Waals surface area contributed by atoms with E-state index < -0.39 is 0 Å². The fraction of sp³-hybridized carbons (Fsp3) is 0.400. The van der Waals surface area contributed by atoms with Gasteiger partial charge in [-0.15, -0.1) is 0 Å². The van der Waals surface area contributed by atoms with E-state index in [9.17, 15) is 10.1 Å². The Kier molecular flexibility index (Phi) is 3.40. The van der Waals surface area contributed by atoms with Gasteiger partial charge in [0.25, 0.3) is 5.69 Å². The highest BCUT2D eigenvalue weighted by Gasteiger charge is 2.16. The highest BCUT2D eigenvalue weighted by molar-refractivity contribution is 9.10. The predicted molar refractivity (Wildman–Crippen MR) is 65.9 cm³/mol. The molecule has 0 bridgehead atoms. The van der Waals surface area contributed by atoms with Crippen LogP contribution >= 0.6 is 15.9 Å². The summed E-state index contributed by atoms with van der Waals surface area (Å²) in [6, 6.07) is 5.26. The Morgan fingerprint density at radius 2 is 2.06 bits per heavy atom. The molecule has 1 aromatic carbocycles. The van der Waals surface area contributed by atoms with Gasteiger partial charge >= 0.3 is 0 Å². The standard InChI is InChI=1S/C10H12BrN3O2/c11-9-2-1-8(7-10(9)14(15)16)13-5-3-12-4-6-13/h1-2,7,12H,3-6H2. The van der Waals surface area contributed by atoms with Gasteiger partial charge in [0.05, 0.1) is 9.40 Å². The van der Waals surface area contributed by atoms with E-state index in [0.717, 1.165) is 31.9 Å². The third-order valence-corrected chi connectivity index (χ3v) is 3.28. The maximum absolute atomic E-state index is 10.8. The van der Waals surface area contributed by atoms with Crippen LogP contribution in [0.4, 0.5) is 11.4 Å². The first-order chi connectivity index (χ1) is 7.68. The Morgan fingerprint density at radius 3 is 2.69 bits per heavy atom. The molecule has 0 atom stereocenters. The van der Waals surface area contributed by atoms with Crippen molar-refractivity contribution in [1.29, 1.82) is 0 Å². The molecular weight excluding hydrogens is 274 g/mol. The minimum absolute atomic E-state index is 0.121. The molecule has 1 saturated heterocycles. The Morgan fingerprint density at radius 1 is 1.38 bits per heavy atom. The number of nitro benzene ring substituents is 1. The van der Waals surface area contributed by atoms with E-state index >= 15 is 0 Å². The molecular formula is C10H12BrN3O2. The van der Waals surface area contributed by atoms with Crippen molar-refractivity contribution in [2.75, 3.05) is 31.1 Å². The summed E-state index contributed by atoms with van der Waals surface area (Å²) < 4.78 is 0.524. The molecule has 1 aromatic rings. The Bertz CT molecular complexity index is 405. The number of rotatable bonds is 2. The number of hydrogen-bond acceptors (Lipinski definition) is 4. The minimum Gasteiger partial charge on any atom is -0.369 e. The number of nitro groups is 1. The van der Waals surface area contributed by atoms with Gasteiger partial charge in [-0.1, -0.05) is 0 Å². The molecule has 1 aliphatic rings. The molecule has 0 aromatic heterocycles. The second-order valence-electron chi connectivity index (χ2n) is 3.63. The molecule has 2 rings (SSSR count). The van der Waals surface area contributed by atoms with Crippen LogP contribution < -0.4 is 10.2 Å². The van der Waals surface area contributed by atoms with Crippen molar-refractivity contribution >= 4 is 27.3 Å². The average molecular weight is 286 g/mol. The highest BCUT2D eigenvalue weighted by Crippen LogP contribution is 2.29. The van der Waals surface area contributed by atoms with Crippen molar-refractivity contribution in [3.8, 4) is 0 Å². The second-order valence-corrected chi connectivity index (χ2v) is 4.48. The number of nitrogens with one attached hydrogen (secondary N) is 1. The minimum atomic E-state index is -0.365. The number of benzene rings is 1. The molecule has 1 N–H and O–H groups in total. The zero-order chi connectivity index (χ0) is 11.5. The lowest BCUT2D eigenvalue weighted by atomic mass is 10.2. The Hall–Kier alpha value is -1.14. The van der Waals surface area contributed by atoms with Gasteiger partial charge in [-0.2, -0.15) is 0 Å². The van der Waals surface area contributed by atoms with Crippen LogP contribution in [0.25, 0.3) is 0 Å². The van der Waals surface area contributed by atoms with Crippen LogP contribution in [0, 0.1) is 10.1 Å². The van der Waals surface area contributed by atoms with Crippen LogP contribution in [0.3, 0.4) is 0 Å². The normalized spacial score (nSPS) is 16.2. The van der Waals surface area contributed by atoms with Crippen molar-refractivity contribution in [3.05, 3.63) is 32.8 Å². The third-order valence-electron chi connectivity index (χ3n) is 2.61. The molecule has 6 heteroatoms. The van der Waals surface area contributed by atoms with E-state index in [0.29, 0.717) is 4.47 Å². The highest BCUT2D eigenvalue weighted by atomic mass is 79.9. The monoisotopic (exact) mass is 285 g/mol. The van der Waals surface area contributed by atoms with Crippen LogP contribution in [-0.2, 0) is 0 Å². The number of nitrogens with zero attached hydrogens (tertiary/aromatic N) is 2. The Balaban J connectivity index is 2.27. The summed E-state index contributed by atoms with van der Waals surface area (Å²) in [6.07, 6.45) is 0. The summed E-state index contributed by atoms with van der Waals surface area (Å²) in [5, 5.41) is 14.0. The molecule has 0 radical (unpaired) electrons. The van der Waals surface area contributed by atoms with E-state index in [2.05, 4.69) is 26.1 Å². The van der Waals surface area contributed by atoms with Crippen LogP contribution in [0.5, 0.6) is 0 Å². The lowest BCUT2D eigenvalue weighted by Crippen LogP contribution is -2.43. The summed E-state index contributed by atoms with van der Waals surface area (Å²) >= 11 is 3.18. The molecule has 0 amide bonds. The van der Waals surface area contributed by atoms with Gasteiger partial charge in [-0.25, -0.2) is 0 Å². The van der Waals surface area contributed by atoms with Crippen LogP contribution in [-0.4, -0.2) is 31.1 Å². The van der Waals surface area contributed by atoms with E-state index in [-0.39, 0.29) is 10.6 Å². The summed E-state index contributed by atoms with van der Waals surface area (Å²) in [6.45, 7) is 3.62. The van der Waals surface area contributed by atoms with Gasteiger partial charge in [-0.3, -0.25) is 10.1 Å². The first-order valence-electron chi connectivity index (χ1n) is 5.08. The molecule has 1 heterocycles.